The summed E-state index contributed by atoms with van der Waals surface area (Å²) in [5.74, 6) is 0.442. The third-order valence-corrected chi connectivity index (χ3v) is 3.81. The van der Waals surface area contributed by atoms with Crippen molar-refractivity contribution in [3.63, 3.8) is 0 Å². The molecule has 5 nitrogen and oxygen atoms in total. The van der Waals surface area contributed by atoms with E-state index in [0.717, 1.165) is 23.8 Å². The Morgan fingerprint density at radius 3 is 2.52 bits per heavy atom. The van der Waals surface area contributed by atoms with Crippen LogP contribution >= 0.6 is 11.6 Å². The molecule has 2 heterocycles. The fraction of sp³-hybridized carbons (Fsp3) is 0.267. The highest BCUT2D eigenvalue weighted by atomic mass is 35.5. The third-order valence-electron chi connectivity index (χ3n) is 3.58. The zero-order valence-electron chi connectivity index (χ0n) is 11.5. The maximum Gasteiger partial charge on any atom is 0.289 e. The number of benzene rings is 1. The number of halogens is 1. The number of carbonyl (C=O) groups is 1. The predicted molar refractivity (Wildman–Crippen MR) is 82.7 cm³/mol. The van der Waals surface area contributed by atoms with Crippen molar-refractivity contribution in [1.29, 1.82) is 0 Å². The highest BCUT2D eigenvalue weighted by Gasteiger charge is 2.24. The van der Waals surface area contributed by atoms with Gasteiger partial charge in [-0.15, -0.1) is 0 Å². The lowest BCUT2D eigenvalue weighted by Gasteiger charge is -2.35. The van der Waals surface area contributed by atoms with Crippen LogP contribution in [0, 0.1) is 0 Å². The van der Waals surface area contributed by atoms with Crippen molar-refractivity contribution in [3.05, 3.63) is 47.2 Å². The van der Waals surface area contributed by atoms with Gasteiger partial charge in [0.05, 0.1) is 0 Å². The van der Waals surface area contributed by atoms with Gasteiger partial charge in [-0.1, -0.05) is 17.7 Å². The van der Waals surface area contributed by atoms with Crippen molar-refractivity contribution >= 4 is 29.1 Å². The van der Waals surface area contributed by atoms with Gasteiger partial charge in [-0.25, -0.2) is 0 Å². The van der Waals surface area contributed by atoms with Gasteiger partial charge in [-0.2, -0.15) is 0 Å². The van der Waals surface area contributed by atoms with Crippen LogP contribution in [0.15, 0.2) is 40.8 Å². The predicted octanol–water partition coefficient (Wildman–Crippen LogP) is 2.48. The second kappa shape index (κ2) is 5.69. The molecule has 3 rings (SSSR count). The molecule has 0 aliphatic carbocycles. The van der Waals surface area contributed by atoms with Crippen molar-refractivity contribution in [2.24, 2.45) is 0 Å². The van der Waals surface area contributed by atoms with E-state index in [1.165, 1.54) is 0 Å². The molecule has 2 N–H and O–H groups in total. The smallest absolute Gasteiger partial charge is 0.289 e. The number of amides is 1. The minimum Gasteiger partial charge on any atom is -0.436 e. The Morgan fingerprint density at radius 2 is 1.90 bits per heavy atom. The van der Waals surface area contributed by atoms with E-state index in [1.54, 1.807) is 17.0 Å². The molecule has 0 atom stereocenters. The average Bonchev–Trinajstić information content (AvgIpc) is 2.93. The number of hydrogen-bond acceptors (Lipinski definition) is 4. The van der Waals surface area contributed by atoms with Gasteiger partial charge >= 0.3 is 0 Å². The fourth-order valence-corrected chi connectivity index (χ4v) is 2.65. The van der Waals surface area contributed by atoms with E-state index >= 15 is 0 Å². The molecule has 1 saturated heterocycles. The lowest BCUT2D eigenvalue weighted by molar-refractivity contribution is 0.0716. The molecular formula is C15H16ClN3O2. The van der Waals surface area contributed by atoms with Crippen LogP contribution in [0.1, 0.15) is 10.6 Å². The number of hydrogen-bond donors (Lipinski definition) is 1. The molecule has 0 saturated carbocycles. The van der Waals surface area contributed by atoms with Crippen LogP contribution in [-0.2, 0) is 0 Å². The zero-order valence-corrected chi connectivity index (χ0v) is 12.2. The molecule has 1 aromatic heterocycles. The number of furan rings is 1. The topological polar surface area (TPSA) is 62.7 Å². The Balaban J connectivity index is 1.64. The minimum absolute atomic E-state index is 0.113. The molecule has 1 aromatic carbocycles. The van der Waals surface area contributed by atoms with E-state index in [0.29, 0.717) is 18.8 Å². The van der Waals surface area contributed by atoms with E-state index in [9.17, 15) is 4.79 Å². The van der Waals surface area contributed by atoms with Crippen LogP contribution in [0.5, 0.6) is 0 Å². The molecule has 0 spiro atoms. The lowest BCUT2D eigenvalue weighted by atomic mass is 10.2. The number of anilines is 2. The first kappa shape index (κ1) is 13.8. The molecule has 1 aliphatic heterocycles. The molecule has 0 bridgehead atoms. The zero-order chi connectivity index (χ0) is 14.8. The normalized spacial score (nSPS) is 15.3. The van der Waals surface area contributed by atoms with Crippen molar-refractivity contribution in [1.82, 2.24) is 4.90 Å². The van der Waals surface area contributed by atoms with Gasteiger partial charge in [0.15, 0.2) is 11.6 Å². The van der Waals surface area contributed by atoms with E-state index in [2.05, 4.69) is 4.90 Å². The van der Waals surface area contributed by atoms with Gasteiger partial charge in [0, 0.05) is 43.0 Å². The second-order valence-electron chi connectivity index (χ2n) is 4.96. The van der Waals surface area contributed by atoms with Gasteiger partial charge < -0.3 is 20.0 Å². The number of nitrogen functional groups attached to an aromatic ring is 1. The van der Waals surface area contributed by atoms with Crippen molar-refractivity contribution in [2.75, 3.05) is 36.8 Å². The summed E-state index contributed by atoms with van der Waals surface area (Å²) in [5, 5.41) is 0.720. The van der Waals surface area contributed by atoms with Gasteiger partial charge in [0.25, 0.3) is 5.91 Å². The summed E-state index contributed by atoms with van der Waals surface area (Å²) < 4.78 is 5.18. The number of nitrogens with zero attached hydrogens (tertiary/aromatic N) is 2. The van der Waals surface area contributed by atoms with E-state index in [4.69, 9.17) is 21.8 Å². The molecule has 0 radical (unpaired) electrons. The van der Waals surface area contributed by atoms with Crippen molar-refractivity contribution in [2.45, 2.75) is 0 Å². The van der Waals surface area contributed by atoms with Crippen LogP contribution in [0.4, 0.5) is 11.6 Å². The van der Waals surface area contributed by atoms with Crippen molar-refractivity contribution < 1.29 is 9.21 Å². The Morgan fingerprint density at radius 1 is 1.14 bits per heavy atom. The Bertz CT molecular complexity index is 648. The van der Waals surface area contributed by atoms with Gasteiger partial charge in [0.1, 0.15) is 0 Å². The summed E-state index contributed by atoms with van der Waals surface area (Å²) in [4.78, 5) is 16.2. The third kappa shape index (κ3) is 2.97. The summed E-state index contributed by atoms with van der Waals surface area (Å²) in [6, 6.07) is 11.0. The van der Waals surface area contributed by atoms with Crippen LogP contribution < -0.4 is 10.6 Å². The average molecular weight is 306 g/mol. The molecule has 6 heteroatoms. The number of nitrogens with two attached hydrogens (primary N) is 1. The van der Waals surface area contributed by atoms with Gasteiger partial charge in [-0.05, 0) is 24.3 Å². The van der Waals surface area contributed by atoms with Gasteiger partial charge in [-0.3, -0.25) is 4.79 Å². The summed E-state index contributed by atoms with van der Waals surface area (Å²) in [6.45, 7) is 2.82. The Hall–Kier alpha value is -2.14. The fourth-order valence-electron chi connectivity index (χ4n) is 2.46. The quantitative estimate of drug-likeness (QED) is 0.926. The van der Waals surface area contributed by atoms with E-state index < -0.39 is 0 Å². The Labute approximate surface area is 127 Å². The standard InChI is InChI=1S/C15H16ClN3O2/c16-11-2-1-3-12(10-11)18-6-8-19(9-7-18)15(20)13-4-5-14(17)21-13/h1-5,10H,6-9,17H2. The molecule has 2 aromatic rings. The Kier molecular flexibility index (Phi) is 3.75. The number of piperazine rings is 1. The maximum absolute atomic E-state index is 12.2. The highest BCUT2D eigenvalue weighted by molar-refractivity contribution is 6.30. The molecule has 21 heavy (non-hydrogen) atoms. The first-order chi connectivity index (χ1) is 10.1. The first-order valence-electron chi connectivity index (χ1n) is 6.78. The highest BCUT2D eigenvalue weighted by Crippen LogP contribution is 2.21. The SMILES string of the molecule is Nc1ccc(C(=O)N2CCN(c3cccc(Cl)c3)CC2)o1. The molecule has 1 fully saturated rings. The summed E-state index contributed by atoms with van der Waals surface area (Å²) in [7, 11) is 0. The monoisotopic (exact) mass is 305 g/mol. The summed E-state index contributed by atoms with van der Waals surface area (Å²) in [5.41, 5.74) is 6.58. The maximum atomic E-state index is 12.2. The molecule has 1 amide bonds. The lowest BCUT2D eigenvalue weighted by Crippen LogP contribution is -2.48. The van der Waals surface area contributed by atoms with Crippen molar-refractivity contribution in [3.8, 4) is 0 Å². The van der Waals surface area contributed by atoms with Gasteiger partial charge in [0.2, 0.25) is 0 Å². The van der Waals surface area contributed by atoms with E-state index in [-0.39, 0.29) is 11.8 Å². The number of rotatable bonds is 2. The number of carbonyl (C=O) groups excluding carboxylic acids is 1. The van der Waals surface area contributed by atoms with Crippen LogP contribution in [0.3, 0.4) is 0 Å². The van der Waals surface area contributed by atoms with Crippen LogP contribution in [-0.4, -0.2) is 37.0 Å². The summed E-state index contributed by atoms with van der Waals surface area (Å²) >= 11 is 6.01. The molecular weight excluding hydrogens is 290 g/mol. The summed E-state index contributed by atoms with van der Waals surface area (Å²) in [6.07, 6.45) is 0. The van der Waals surface area contributed by atoms with Crippen LogP contribution in [0.25, 0.3) is 0 Å². The molecule has 110 valence electrons. The van der Waals surface area contributed by atoms with Crippen LogP contribution in [0.2, 0.25) is 5.02 Å². The second-order valence-corrected chi connectivity index (χ2v) is 5.40. The largest absolute Gasteiger partial charge is 0.436 e. The molecule has 1 aliphatic rings. The minimum atomic E-state index is -0.113. The molecule has 0 unspecified atom stereocenters. The first-order valence-corrected chi connectivity index (χ1v) is 7.16. The van der Waals surface area contributed by atoms with E-state index in [1.807, 2.05) is 24.3 Å².